The van der Waals surface area contributed by atoms with E-state index < -0.39 is 0 Å². The number of nitrogens with zero attached hydrogens (tertiary/aromatic N) is 1. The van der Waals surface area contributed by atoms with E-state index in [0.29, 0.717) is 6.42 Å². The Bertz CT molecular complexity index is 321. The summed E-state index contributed by atoms with van der Waals surface area (Å²) in [5.74, 6) is 0.880. The van der Waals surface area contributed by atoms with E-state index >= 15 is 0 Å². The highest BCUT2D eigenvalue weighted by molar-refractivity contribution is 5.77. The third-order valence-electron chi connectivity index (χ3n) is 1.59. The molecule has 0 saturated heterocycles. The van der Waals surface area contributed by atoms with E-state index in [1.165, 1.54) is 0 Å². The van der Waals surface area contributed by atoms with Crippen molar-refractivity contribution in [2.45, 2.75) is 33.3 Å². The van der Waals surface area contributed by atoms with E-state index in [0.717, 1.165) is 11.4 Å². The zero-order chi connectivity index (χ0) is 10.6. The predicted octanol–water partition coefficient (Wildman–Crippen LogP) is 2.00. The summed E-state index contributed by atoms with van der Waals surface area (Å²) in [6.45, 7) is 5.48. The smallest absolute Gasteiger partial charge is 0.135 e. The van der Waals surface area contributed by atoms with E-state index in [-0.39, 0.29) is 11.9 Å². The summed E-state index contributed by atoms with van der Waals surface area (Å²) in [5.41, 5.74) is 0.760. The van der Waals surface area contributed by atoms with Crippen LogP contribution in [0.5, 0.6) is 5.75 Å². The topological polar surface area (TPSA) is 39.2 Å². The van der Waals surface area contributed by atoms with Gasteiger partial charge in [0.2, 0.25) is 0 Å². The second kappa shape index (κ2) is 4.74. The molecule has 3 nitrogen and oxygen atoms in total. The molecular formula is C11H15NO2. The first-order valence-electron chi connectivity index (χ1n) is 4.69. The first-order valence-corrected chi connectivity index (χ1v) is 4.69. The first kappa shape index (κ1) is 10.7. The molecule has 1 heterocycles. The highest BCUT2D eigenvalue weighted by Crippen LogP contribution is 2.13. The number of carbonyl (C=O) groups excluding carboxylic acids is 1. The molecule has 0 fully saturated rings. The fourth-order valence-electron chi connectivity index (χ4n) is 1.15. The molecule has 0 saturated carbocycles. The Balaban J connectivity index is 2.73. The van der Waals surface area contributed by atoms with Crippen molar-refractivity contribution in [2.75, 3.05) is 0 Å². The number of ketones is 1. The molecule has 0 N–H and O–H groups in total. The maximum atomic E-state index is 10.9. The predicted molar refractivity (Wildman–Crippen MR) is 54.4 cm³/mol. The van der Waals surface area contributed by atoms with Crippen molar-refractivity contribution in [3.63, 3.8) is 0 Å². The average Bonchev–Trinajstić information content (AvgIpc) is 2.01. The Morgan fingerprint density at radius 1 is 1.57 bits per heavy atom. The number of ether oxygens (including phenoxy) is 1. The summed E-state index contributed by atoms with van der Waals surface area (Å²) in [7, 11) is 0. The standard InChI is InChI=1S/C11H15NO2/c1-8(2)14-11-4-5-12-10(7-11)6-9(3)13/h4-5,7-8H,6H2,1-3H3. The van der Waals surface area contributed by atoms with Crippen LogP contribution < -0.4 is 4.74 Å². The van der Waals surface area contributed by atoms with Crippen LogP contribution in [-0.2, 0) is 11.2 Å². The van der Waals surface area contributed by atoms with Crippen LogP contribution in [0.15, 0.2) is 18.3 Å². The van der Waals surface area contributed by atoms with Gasteiger partial charge in [-0.25, -0.2) is 0 Å². The monoisotopic (exact) mass is 193 g/mol. The minimum atomic E-state index is 0.110. The largest absolute Gasteiger partial charge is 0.491 e. The van der Waals surface area contributed by atoms with Crippen molar-refractivity contribution in [3.8, 4) is 5.75 Å². The van der Waals surface area contributed by atoms with E-state index in [1.54, 1.807) is 25.3 Å². The molecule has 0 bridgehead atoms. The SMILES string of the molecule is CC(=O)Cc1cc(OC(C)C)ccn1. The normalized spacial score (nSPS) is 10.3. The number of aromatic nitrogens is 1. The summed E-state index contributed by atoms with van der Waals surface area (Å²) >= 11 is 0. The van der Waals surface area contributed by atoms with Crippen LogP contribution in [0.2, 0.25) is 0 Å². The molecule has 0 atom stereocenters. The molecular weight excluding hydrogens is 178 g/mol. The van der Waals surface area contributed by atoms with Gasteiger partial charge in [-0.15, -0.1) is 0 Å². The summed E-state index contributed by atoms with van der Waals surface area (Å²) < 4.78 is 5.49. The maximum absolute atomic E-state index is 10.9. The number of hydrogen-bond donors (Lipinski definition) is 0. The van der Waals surface area contributed by atoms with Gasteiger partial charge in [-0.05, 0) is 26.8 Å². The second-order valence-electron chi connectivity index (χ2n) is 3.53. The van der Waals surface area contributed by atoms with Crippen LogP contribution in [0.4, 0.5) is 0 Å². The zero-order valence-corrected chi connectivity index (χ0v) is 8.78. The minimum Gasteiger partial charge on any atom is -0.491 e. The molecule has 1 rings (SSSR count). The van der Waals surface area contributed by atoms with Crippen LogP contribution in [0.25, 0.3) is 0 Å². The molecule has 0 aromatic carbocycles. The van der Waals surface area contributed by atoms with Gasteiger partial charge in [0.25, 0.3) is 0 Å². The molecule has 0 aliphatic rings. The van der Waals surface area contributed by atoms with Crippen LogP contribution in [0.3, 0.4) is 0 Å². The lowest BCUT2D eigenvalue weighted by Gasteiger charge is -2.09. The molecule has 0 spiro atoms. The summed E-state index contributed by atoms with van der Waals surface area (Å²) in [6.07, 6.45) is 2.17. The van der Waals surface area contributed by atoms with Gasteiger partial charge in [-0.3, -0.25) is 9.78 Å². The van der Waals surface area contributed by atoms with Gasteiger partial charge in [-0.1, -0.05) is 0 Å². The van der Waals surface area contributed by atoms with Crippen molar-refractivity contribution < 1.29 is 9.53 Å². The lowest BCUT2D eigenvalue weighted by molar-refractivity contribution is -0.116. The van der Waals surface area contributed by atoms with Crippen LogP contribution >= 0.6 is 0 Å². The zero-order valence-electron chi connectivity index (χ0n) is 8.78. The van der Waals surface area contributed by atoms with Gasteiger partial charge in [0.15, 0.2) is 0 Å². The number of Topliss-reactive ketones (excluding diaryl/α,β-unsaturated/α-hetero) is 1. The third kappa shape index (κ3) is 3.56. The van der Waals surface area contributed by atoms with E-state index in [4.69, 9.17) is 4.74 Å². The quantitative estimate of drug-likeness (QED) is 0.734. The lowest BCUT2D eigenvalue weighted by atomic mass is 10.2. The van der Waals surface area contributed by atoms with E-state index in [2.05, 4.69) is 4.98 Å². The van der Waals surface area contributed by atoms with Crippen molar-refractivity contribution in [2.24, 2.45) is 0 Å². The number of pyridine rings is 1. The Morgan fingerprint density at radius 2 is 2.29 bits per heavy atom. The molecule has 0 radical (unpaired) electrons. The average molecular weight is 193 g/mol. The van der Waals surface area contributed by atoms with Crippen molar-refractivity contribution in [1.29, 1.82) is 0 Å². The molecule has 0 unspecified atom stereocenters. The van der Waals surface area contributed by atoms with Crippen LogP contribution in [0.1, 0.15) is 26.5 Å². The van der Waals surface area contributed by atoms with Crippen LogP contribution in [0, 0.1) is 0 Å². The fourth-order valence-corrected chi connectivity index (χ4v) is 1.15. The number of rotatable bonds is 4. The minimum absolute atomic E-state index is 0.110. The second-order valence-corrected chi connectivity index (χ2v) is 3.53. The maximum Gasteiger partial charge on any atom is 0.135 e. The molecule has 1 aromatic rings. The molecule has 76 valence electrons. The molecule has 14 heavy (non-hydrogen) atoms. The number of carbonyl (C=O) groups is 1. The number of hydrogen-bond acceptors (Lipinski definition) is 3. The van der Waals surface area contributed by atoms with Gasteiger partial charge in [0.05, 0.1) is 11.8 Å². The Kier molecular flexibility index (Phi) is 3.63. The summed E-state index contributed by atoms with van der Waals surface area (Å²) in [5, 5.41) is 0. The summed E-state index contributed by atoms with van der Waals surface area (Å²) in [4.78, 5) is 15.0. The van der Waals surface area contributed by atoms with E-state index in [9.17, 15) is 4.79 Å². The molecule has 3 heteroatoms. The Morgan fingerprint density at radius 3 is 2.86 bits per heavy atom. The van der Waals surface area contributed by atoms with Gasteiger partial charge < -0.3 is 4.74 Å². The van der Waals surface area contributed by atoms with Gasteiger partial charge in [0.1, 0.15) is 11.5 Å². The van der Waals surface area contributed by atoms with Crippen molar-refractivity contribution >= 4 is 5.78 Å². The summed E-state index contributed by atoms with van der Waals surface area (Å²) in [6, 6.07) is 3.60. The third-order valence-corrected chi connectivity index (χ3v) is 1.59. The Labute approximate surface area is 84.1 Å². The van der Waals surface area contributed by atoms with Gasteiger partial charge >= 0.3 is 0 Å². The van der Waals surface area contributed by atoms with Crippen molar-refractivity contribution in [3.05, 3.63) is 24.0 Å². The first-order chi connectivity index (χ1) is 6.58. The Hall–Kier alpha value is -1.38. The van der Waals surface area contributed by atoms with Crippen molar-refractivity contribution in [1.82, 2.24) is 4.98 Å². The van der Waals surface area contributed by atoms with E-state index in [1.807, 2.05) is 13.8 Å². The van der Waals surface area contributed by atoms with Crippen LogP contribution in [-0.4, -0.2) is 16.9 Å². The fraction of sp³-hybridized carbons (Fsp3) is 0.455. The highest BCUT2D eigenvalue weighted by atomic mass is 16.5. The molecule has 0 aliphatic heterocycles. The van der Waals surface area contributed by atoms with Gasteiger partial charge in [0, 0.05) is 18.7 Å². The molecule has 1 aromatic heterocycles. The van der Waals surface area contributed by atoms with Gasteiger partial charge in [-0.2, -0.15) is 0 Å². The molecule has 0 aliphatic carbocycles. The molecule has 0 amide bonds. The lowest BCUT2D eigenvalue weighted by Crippen LogP contribution is -2.06. The highest BCUT2D eigenvalue weighted by Gasteiger charge is 2.02.